The van der Waals surface area contributed by atoms with Gasteiger partial charge in [0.25, 0.3) is 10.1 Å². The van der Waals surface area contributed by atoms with Gasteiger partial charge in [0, 0.05) is 76.5 Å². The molecule has 0 spiro atoms. The number of carbonyl (C=O) groups is 3. The summed E-state index contributed by atoms with van der Waals surface area (Å²) in [5.41, 5.74) is 26.4. The van der Waals surface area contributed by atoms with E-state index in [4.69, 9.17) is 51.2 Å². The van der Waals surface area contributed by atoms with E-state index in [1.165, 1.54) is 125 Å². The van der Waals surface area contributed by atoms with E-state index in [0.29, 0.717) is 55.7 Å². The van der Waals surface area contributed by atoms with Crippen molar-refractivity contribution < 1.29 is 90.5 Å². The number of hydrogen-bond donors (Lipinski definition) is 6. The van der Waals surface area contributed by atoms with Crippen LogP contribution in [0.15, 0.2) is 185 Å². The van der Waals surface area contributed by atoms with Crippen LogP contribution in [-0.4, -0.2) is 94.0 Å². The summed E-state index contributed by atoms with van der Waals surface area (Å²) in [4.78, 5) is 49.8. The Morgan fingerprint density at radius 1 is 0.491 bits per heavy atom. The molecule has 9 N–H and O–H groups in total. The summed E-state index contributed by atoms with van der Waals surface area (Å²) in [6, 6.07) is 37.0. The third kappa shape index (κ3) is 41.1. The average molecular weight is 2200 g/mol. The maximum atomic E-state index is 13.5. The van der Waals surface area contributed by atoms with Gasteiger partial charge in [0.15, 0.2) is 52.1 Å². The van der Waals surface area contributed by atoms with Crippen molar-refractivity contribution in [1.29, 1.82) is 0 Å². The first-order valence-corrected chi connectivity index (χ1v) is 43.4. The summed E-state index contributed by atoms with van der Waals surface area (Å²) in [6.45, 7) is 16.3. The number of Topliss-reactive ketones (excluding diaryl/α,β-unsaturated/α-hetero) is 1. The van der Waals surface area contributed by atoms with E-state index in [9.17, 15) is 57.6 Å². The summed E-state index contributed by atoms with van der Waals surface area (Å²) in [5.74, 6) is -0.791. The number of esters is 2. The number of anilines is 4. The van der Waals surface area contributed by atoms with Crippen LogP contribution < -0.4 is 37.1 Å². The molecule has 4 atom stereocenters. The predicted octanol–water partition coefficient (Wildman–Crippen LogP) is 20.2. The van der Waals surface area contributed by atoms with Crippen LogP contribution in [0.5, 0.6) is 23.0 Å². The molecule has 6 aromatic carbocycles. The number of ether oxygens (including phenoxy) is 5. The first-order chi connectivity index (χ1) is 54.2. The molecule has 625 valence electrons. The Morgan fingerprint density at radius 2 is 0.802 bits per heavy atom. The van der Waals surface area contributed by atoms with E-state index in [1.807, 2.05) is 72.0 Å². The fourth-order valence-corrected chi connectivity index (χ4v) is 12.9. The SMILES string of the molecule is CC.CC(=O)c1cc(F)ccc1I.CC(C)c1cc(F)ccc1I.COC(=O)c1ccc(F)cc1[C@@H](C)Oc1cc(Br)cnc1N.COC(=O)c1ccc(F)cc1[C@@H](C)Oc1cccnc1N.CS(=O)(=O)Cl.C[C@@H](Oc1cccnc1N)c1cc(F)ccc1I.C[C@H](OS(C)(=O)=O)c1cc(F)ccc1I.Nc1ncccc1O.[B]=NS. The molecule has 0 fully saturated rings. The molecule has 0 bridgehead atoms. The van der Waals surface area contributed by atoms with Gasteiger partial charge < -0.3 is 51.7 Å². The Balaban J connectivity index is 0.000000676. The topological polar surface area (TPSA) is 363 Å². The molecule has 0 saturated heterocycles. The number of nitrogens with two attached hydrogens (primary N) is 4. The van der Waals surface area contributed by atoms with Crippen LogP contribution in [0, 0.1) is 49.2 Å². The number of pyridine rings is 4. The molecule has 0 aliphatic rings. The molecule has 10 rings (SSSR count). The van der Waals surface area contributed by atoms with E-state index in [1.54, 1.807) is 87.6 Å². The molecule has 0 saturated carbocycles. The standard InChI is InChI=1S/C15H14BrFN2O3.C15H15FN2O3.C13H12FIN2O.C9H10FIO3S.C9H10FI.C8H6FIO.C5H6N2O.C2H6.CH3ClO2S.BHNS/c1-8(22-13-5-9(16)7-19-14(13)18)12-6-10(17)3-4-11(12)15(20)21-2;1-9(21-13-4-3-7-18-14(13)17)12-8-10(16)5-6-11(12)15(19)20-2;1-8(10-7-9(14)4-5-11(10)15)18-12-3-2-6-17-13(12)16;1-6(14-15(2,12)13)8-5-7(10)3-4-9(8)11;1-6(2)8-5-7(10)3-4-9(8)11;1-5(11)7-4-6(9)2-3-8(7)10;6-5-4(8)2-1-3-7-5;1-2;1-5(2,3)4;1-2-3/h3-8H,1-2H3,(H2,18,19);3-9H,1-2H3,(H2,17,18);2-8H,1H3,(H2,16,17);3-6H,1-2H3;3-6H,1-2H3;2-4H,1H3;1-3,8H,(H2,6,7);1-2H3;1H3;3H/t8-;9-;8-;6-;;;;;;/m1110....../s1. The van der Waals surface area contributed by atoms with E-state index >= 15 is 0 Å². The monoisotopic (exact) mass is 2200 g/mol. The first kappa shape index (κ1) is 106. The molecule has 4 heterocycles. The Bertz CT molecular complexity index is 5070. The number of methoxy groups -OCH3 is 2. The number of nitrogens with zero attached hydrogens (tertiary/aromatic N) is 5. The van der Waals surface area contributed by atoms with Crippen molar-refractivity contribution in [3.05, 3.63) is 275 Å². The number of halogens is 12. The molecule has 10 aromatic rings. The molecule has 39 heteroatoms. The number of ketones is 1. The van der Waals surface area contributed by atoms with Crippen LogP contribution in [0.1, 0.15) is 152 Å². The van der Waals surface area contributed by atoms with Gasteiger partial charge in [-0.05, 0) is 310 Å². The average Bonchev–Trinajstić information content (AvgIpc) is 0.797. The summed E-state index contributed by atoms with van der Waals surface area (Å²) in [5, 5.41) is 8.73. The van der Waals surface area contributed by atoms with Crippen molar-refractivity contribution in [2.45, 2.75) is 92.6 Å². The number of nitrogen functional groups attached to an aromatic ring is 4. The van der Waals surface area contributed by atoms with Gasteiger partial charge in [-0.2, -0.15) is 8.42 Å². The van der Waals surface area contributed by atoms with Gasteiger partial charge in [-0.3, -0.25) is 8.98 Å². The zero-order valence-corrected chi connectivity index (χ0v) is 77.8. The van der Waals surface area contributed by atoms with E-state index in [-0.39, 0.29) is 63.7 Å². The minimum absolute atomic E-state index is 0.0347. The Hall–Kier alpha value is -7.73. The van der Waals surface area contributed by atoms with Crippen molar-refractivity contribution in [3.63, 3.8) is 0 Å². The fraction of sp³-hybridized carbons (Fsp3) is 0.234. The van der Waals surface area contributed by atoms with Crippen molar-refractivity contribution in [2.24, 2.45) is 4.30 Å². The minimum atomic E-state index is -3.53. The van der Waals surface area contributed by atoms with Crippen LogP contribution in [0.2, 0.25) is 0 Å². The molecular formula is C77H83BBrClF6I4N9O14S3. The second kappa shape index (κ2) is 54.4. The zero-order valence-electron chi connectivity index (χ0n) is 64.3. The van der Waals surface area contributed by atoms with Crippen molar-refractivity contribution in [1.82, 2.24) is 19.9 Å². The summed E-state index contributed by atoms with van der Waals surface area (Å²) < 4.78 is 157. The molecule has 4 aromatic heterocycles. The van der Waals surface area contributed by atoms with Crippen molar-refractivity contribution in [2.75, 3.05) is 49.7 Å². The number of thiol groups is 1. The second-order valence-electron chi connectivity index (χ2n) is 23.0. The van der Waals surface area contributed by atoms with Crippen LogP contribution in [-0.2, 0) is 32.8 Å². The van der Waals surface area contributed by atoms with Crippen LogP contribution in [0.25, 0.3) is 0 Å². The molecule has 116 heavy (non-hydrogen) atoms. The van der Waals surface area contributed by atoms with Crippen LogP contribution in [0.4, 0.5) is 49.6 Å². The number of benzene rings is 6. The Kier molecular flexibility index (Phi) is 49.8. The van der Waals surface area contributed by atoms with Gasteiger partial charge in [-0.1, -0.05) is 27.7 Å². The second-order valence-corrected chi connectivity index (χ2v) is 33.5. The van der Waals surface area contributed by atoms with Crippen molar-refractivity contribution in [3.8, 4) is 23.0 Å². The molecule has 23 nitrogen and oxygen atoms in total. The van der Waals surface area contributed by atoms with E-state index < -0.39 is 66.9 Å². The molecule has 0 aliphatic heterocycles. The Labute approximate surface area is 744 Å². The molecular weight excluding hydrogens is 2120 g/mol. The summed E-state index contributed by atoms with van der Waals surface area (Å²) in [6.07, 6.45) is 5.90. The summed E-state index contributed by atoms with van der Waals surface area (Å²) in [7, 11) is 4.64. The fourth-order valence-electron chi connectivity index (χ4n) is 8.72. The maximum absolute atomic E-state index is 13.5. The number of aromatic hydroxyl groups is 1. The van der Waals surface area contributed by atoms with Gasteiger partial charge >= 0.3 is 36.7 Å². The molecule has 0 amide bonds. The van der Waals surface area contributed by atoms with Crippen LogP contribution >= 0.6 is 130 Å². The zero-order chi connectivity index (χ0) is 88.5. The van der Waals surface area contributed by atoms with E-state index in [0.717, 1.165) is 37.9 Å². The predicted molar refractivity (Wildman–Crippen MR) is 481 cm³/mol. The van der Waals surface area contributed by atoms with Gasteiger partial charge in [-0.15, -0.1) is 0 Å². The van der Waals surface area contributed by atoms with E-state index in [2.05, 4.69) is 135 Å². The van der Waals surface area contributed by atoms with Crippen LogP contribution in [0.3, 0.4) is 0 Å². The third-order valence-corrected chi connectivity index (χ3v) is 18.8. The first-order valence-electron chi connectivity index (χ1n) is 33.4. The van der Waals surface area contributed by atoms with Gasteiger partial charge in [0.2, 0.25) is 9.05 Å². The number of aromatic nitrogens is 4. The van der Waals surface area contributed by atoms with Gasteiger partial charge in [-0.25, -0.2) is 64.3 Å². The number of rotatable bonds is 16. The van der Waals surface area contributed by atoms with Gasteiger partial charge in [0.1, 0.15) is 59.3 Å². The molecule has 1 radical (unpaired) electrons. The normalized spacial score (nSPS) is 11.3. The molecule has 0 aliphatic carbocycles. The van der Waals surface area contributed by atoms with Crippen molar-refractivity contribution >= 4 is 198 Å². The quantitative estimate of drug-likeness (QED) is 0.00765. The summed E-state index contributed by atoms with van der Waals surface area (Å²) >= 11 is 14.8. The third-order valence-electron chi connectivity index (χ3n) is 13.9. The van der Waals surface area contributed by atoms with Gasteiger partial charge in [0.05, 0.1) is 37.9 Å². The molecule has 0 unspecified atom stereocenters. The number of carbonyl (C=O) groups excluding carboxylic acids is 3. The number of hydrogen-bond acceptors (Lipinski definition) is 24. The Morgan fingerprint density at radius 3 is 1.13 bits per heavy atom.